The fourth-order valence-electron chi connectivity index (χ4n) is 3.67. The number of carbonyl (C=O) groups is 1. The Balaban J connectivity index is 1.41. The Bertz CT molecular complexity index is 1050. The van der Waals surface area contributed by atoms with Crippen LogP contribution in [0.5, 0.6) is 11.5 Å². The molecule has 5 nitrogen and oxygen atoms in total. The summed E-state index contributed by atoms with van der Waals surface area (Å²) < 4.78 is 10.7. The normalized spacial score (nSPS) is 12.5. The number of methoxy groups -OCH3 is 2. The summed E-state index contributed by atoms with van der Waals surface area (Å²) in [6, 6.07) is 22.2. The number of hydrogen-bond donors (Lipinski definition) is 1. The van der Waals surface area contributed by atoms with Crippen LogP contribution in [0.25, 0.3) is 11.1 Å². The third-order valence-electron chi connectivity index (χ3n) is 4.98. The van der Waals surface area contributed by atoms with Crippen molar-refractivity contribution in [2.45, 2.75) is 5.25 Å². The van der Waals surface area contributed by atoms with Crippen LogP contribution < -0.4 is 14.9 Å². The fraction of sp³-hybridized carbons (Fsp3) is 0.167. The number of carbonyl (C=O) groups excluding carboxylic acids is 1. The maximum absolute atomic E-state index is 12.4. The van der Waals surface area contributed by atoms with E-state index in [0.717, 1.165) is 5.56 Å². The first-order valence-corrected chi connectivity index (χ1v) is 10.6. The molecule has 30 heavy (non-hydrogen) atoms. The van der Waals surface area contributed by atoms with Gasteiger partial charge in [0, 0.05) is 5.56 Å². The molecule has 0 unspecified atom stereocenters. The summed E-state index contributed by atoms with van der Waals surface area (Å²) >= 11 is 1.61. The van der Waals surface area contributed by atoms with E-state index in [2.05, 4.69) is 46.9 Å². The minimum Gasteiger partial charge on any atom is -0.493 e. The summed E-state index contributed by atoms with van der Waals surface area (Å²) in [5, 5.41) is 4.23. The van der Waals surface area contributed by atoms with Crippen molar-refractivity contribution >= 4 is 23.9 Å². The second kappa shape index (κ2) is 9.05. The molecule has 3 aromatic carbocycles. The third-order valence-corrected chi connectivity index (χ3v) is 6.25. The molecule has 1 aliphatic rings. The zero-order valence-electron chi connectivity index (χ0n) is 16.8. The molecule has 0 fully saturated rings. The zero-order valence-corrected chi connectivity index (χ0v) is 17.6. The summed E-state index contributed by atoms with van der Waals surface area (Å²) in [5.41, 5.74) is 8.32. The SMILES string of the molecule is COc1cccc(/C=N/NC(=O)CSC2c3ccccc3-c3ccccc32)c1OC. The average molecular weight is 419 g/mol. The van der Waals surface area contributed by atoms with Crippen LogP contribution in [-0.4, -0.2) is 32.1 Å². The molecule has 0 heterocycles. The Kier molecular flexibility index (Phi) is 6.05. The van der Waals surface area contributed by atoms with E-state index in [1.807, 2.05) is 30.3 Å². The molecule has 1 aliphatic carbocycles. The lowest BCUT2D eigenvalue weighted by molar-refractivity contribution is -0.118. The van der Waals surface area contributed by atoms with E-state index in [-0.39, 0.29) is 11.2 Å². The Hall–Kier alpha value is -3.25. The van der Waals surface area contributed by atoms with Gasteiger partial charge >= 0.3 is 0 Å². The predicted octanol–water partition coefficient (Wildman–Crippen LogP) is 4.66. The third kappa shape index (κ3) is 3.91. The highest BCUT2D eigenvalue weighted by molar-refractivity contribution is 8.00. The van der Waals surface area contributed by atoms with Crippen LogP contribution in [0.1, 0.15) is 21.9 Å². The molecule has 4 rings (SSSR count). The lowest BCUT2D eigenvalue weighted by atomic mass is 10.1. The first kappa shape index (κ1) is 20.0. The van der Waals surface area contributed by atoms with Crippen molar-refractivity contribution in [1.29, 1.82) is 0 Å². The molecule has 0 saturated heterocycles. The number of benzene rings is 3. The first-order chi connectivity index (χ1) is 14.7. The van der Waals surface area contributed by atoms with Crippen molar-refractivity contribution in [2.24, 2.45) is 5.10 Å². The summed E-state index contributed by atoms with van der Waals surface area (Å²) in [5.74, 6) is 1.34. The highest BCUT2D eigenvalue weighted by atomic mass is 32.2. The molecule has 0 radical (unpaired) electrons. The maximum Gasteiger partial charge on any atom is 0.250 e. The van der Waals surface area contributed by atoms with Gasteiger partial charge in [-0.05, 0) is 34.4 Å². The molecule has 0 bridgehead atoms. The van der Waals surface area contributed by atoms with Gasteiger partial charge in [0.05, 0.1) is 31.4 Å². The van der Waals surface area contributed by atoms with E-state index in [0.29, 0.717) is 17.3 Å². The smallest absolute Gasteiger partial charge is 0.250 e. The fourth-order valence-corrected chi connectivity index (χ4v) is 4.82. The largest absolute Gasteiger partial charge is 0.493 e. The van der Waals surface area contributed by atoms with E-state index >= 15 is 0 Å². The molecule has 152 valence electrons. The second-order valence-electron chi connectivity index (χ2n) is 6.74. The van der Waals surface area contributed by atoms with E-state index in [4.69, 9.17) is 9.47 Å². The van der Waals surface area contributed by atoms with Crippen LogP contribution in [0.2, 0.25) is 0 Å². The van der Waals surface area contributed by atoms with Crippen LogP contribution in [0, 0.1) is 0 Å². The van der Waals surface area contributed by atoms with E-state index in [9.17, 15) is 4.79 Å². The molecule has 6 heteroatoms. The number of nitrogens with one attached hydrogen (secondary N) is 1. The van der Waals surface area contributed by atoms with Gasteiger partial charge in [-0.15, -0.1) is 11.8 Å². The molecule has 0 aliphatic heterocycles. The standard InChI is InChI=1S/C24H22N2O3S/c1-28-21-13-7-8-16(23(21)29-2)14-25-26-22(27)15-30-24-19-11-5-3-9-17(19)18-10-4-6-12-20(18)24/h3-14,24H,15H2,1-2H3,(H,26,27)/b25-14+. The molecule has 1 amide bonds. The lowest BCUT2D eigenvalue weighted by Gasteiger charge is -2.12. The van der Waals surface area contributed by atoms with Gasteiger partial charge in [0.25, 0.3) is 0 Å². The van der Waals surface area contributed by atoms with Crippen LogP contribution in [0.3, 0.4) is 0 Å². The monoisotopic (exact) mass is 418 g/mol. The van der Waals surface area contributed by atoms with Gasteiger partial charge in [0.2, 0.25) is 5.91 Å². The van der Waals surface area contributed by atoms with Crippen molar-refractivity contribution in [3.05, 3.63) is 83.4 Å². The number of ether oxygens (including phenoxy) is 2. The van der Waals surface area contributed by atoms with E-state index in [1.165, 1.54) is 22.3 Å². The molecule has 3 aromatic rings. The summed E-state index contributed by atoms with van der Waals surface area (Å²) in [7, 11) is 3.15. The quantitative estimate of drug-likeness (QED) is 0.448. The van der Waals surface area contributed by atoms with Crippen molar-refractivity contribution in [3.8, 4) is 22.6 Å². The van der Waals surface area contributed by atoms with Crippen molar-refractivity contribution in [2.75, 3.05) is 20.0 Å². The topological polar surface area (TPSA) is 59.9 Å². The number of hydrazone groups is 1. The van der Waals surface area contributed by atoms with E-state index < -0.39 is 0 Å². The van der Waals surface area contributed by atoms with Gasteiger partial charge in [0.1, 0.15) is 0 Å². The lowest BCUT2D eigenvalue weighted by Crippen LogP contribution is -2.20. The Morgan fingerprint density at radius 1 is 0.967 bits per heavy atom. The van der Waals surface area contributed by atoms with Crippen molar-refractivity contribution in [1.82, 2.24) is 5.43 Å². The minimum absolute atomic E-state index is 0.144. The summed E-state index contributed by atoms with van der Waals surface area (Å²) in [6.07, 6.45) is 1.56. The first-order valence-electron chi connectivity index (χ1n) is 9.55. The van der Waals surface area contributed by atoms with Crippen LogP contribution in [0.15, 0.2) is 71.8 Å². The number of amides is 1. The molecule has 0 saturated carbocycles. The molecule has 0 spiro atoms. The predicted molar refractivity (Wildman–Crippen MR) is 121 cm³/mol. The molecular weight excluding hydrogens is 396 g/mol. The maximum atomic E-state index is 12.4. The van der Waals surface area contributed by atoms with Crippen LogP contribution in [-0.2, 0) is 4.79 Å². The van der Waals surface area contributed by atoms with Crippen molar-refractivity contribution < 1.29 is 14.3 Å². The molecule has 0 aromatic heterocycles. The number of rotatable bonds is 7. The number of nitrogens with zero attached hydrogens (tertiary/aromatic N) is 1. The Morgan fingerprint density at radius 3 is 2.27 bits per heavy atom. The Morgan fingerprint density at radius 2 is 1.63 bits per heavy atom. The highest BCUT2D eigenvalue weighted by Crippen LogP contribution is 2.49. The van der Waals surface area contributed by atoms with Gasteiger partial charge in [-0.1, -0.05) is 54.6 Å². The van der Waals surface area contributed by atoms with Gasteiger partial charge in [-0.25, -0.2) is 5.43 Å². The summed E-state index contributed by atoms with van der Waals surface area (Å²) in [4.78, 5) is 12.4. The van der Waals surface area contributed by atoms with Crippen LogP contribution in [0.4, 0.5) is 0 Å². The van der Waals surface area contributed by atoms with Gasteiger partial charge < -0.3 is 9.47 Å². The van der Waals surface area contributed by atoms with Gasteiger partial charge in [0.15, 0.2) is 11.5 Å². The highest BCUT2D eigenvalue weighted by Gasteiger charge is 2.28. The van der Waals surface area contributed by atoms with Crippen molar-refractivity contribution in [3.63, 3.8) is 0 Å². The minimum atomic E-state index is -0.153. The van der Waals surface area contributed by atoms with Gasteiger partial charge in [-0.3, -0.25) is 4.79 Å². The molecule has 1 N–H and O–H groups in total. The molecule has 0 atom stereocenters. The van der Waals surface area contributed by atoms with Crippen LogP contribution >= 0.6 is 11.8 Å². The molecular formula is C24H22N2O3S. The van der Waals surface area contributed by atoms with Gasteiger partial charge in [-0.2, -0.15) is 5.10 Å². The number of thioether (sulfide) groups is 1. The number of fused-ring (bicyclic) bond motifs is 3. The zero-order chi connectivity index (χ0) is 20.9. The Labute approximate surface area is 180 Å². The average Bonchev–Trinajstić information content (AvgIpc) is 3.11. The summed E-state index contributed by atoms with van der Waals surface area (Å²) in [6.45, 7) is 0. The number of hydrogen-bond acceptors (Lipinski definition) is 5. The van der Waals surface area contributed by atoms with E-state index in [1.54, 1.807) is 32.2 Å². The second-order valence-corrected chi connectivity index (χ2v) is 7.83. The number of para-hydroxylation sites is 1.